The van der Waals surface area contributed by atoms with Gasteiger partial charge in [-0.05, 0) is 48.7 Å². The number of rotatable bonds is 4. The number of benzene rings is 2. The SMILES string of the molecule is CCc1ccc(CN2CCOc3ccccc3Oc3ncccc3C(=O)N(CC)CC2)cc1. The second kappa shape index (κ2) is 11.0. The monoisotopic (exact) mass is 445 g/mol. The van der Waals surface area contributed by atoms with Crippen LogP contribution in [-0.2, 0) is 13.0 Å². The highest BCUT2D eigenvalue weighted by atomic mass is 16.5. The van der Waals surface area contributed by atoms with Crippen LogP contribution in [0.1, 0.15) is 35.3 Å². The molecule has 1 aromatic heterocycles. The molecule has 0 unspecified atom stereocenters. The smallest absolute Gasteiger partial charge is 0.259 e. The van der Waals surface area contributed by atoms with Crippen LogP contribution >= 0.6 is 0 Å². The summed E-state index contributed by atoms with van der Waals surface area (Å²) in [6.45, 7) is 8.19. The van der Waals surface area contributed by atoms with Crippen LogP contribution in [-0.4, -0.2) is 53.5 Å². The highest BCUT2D eigenvalue weighted by Crippen LogP contribution is 2.32. The summed E-state index contributed by atoms with van der Waals surface area (Å²) in [6, 6.07) is 19.8. The predicted molar refractivity (Wildman–Crippen MR) is 129 cm³/mol. The fourth-order valence-electron chi connectivity index (χ4n) is 3.92. The number of carbonyl (C=O) groups is 1. The lowest BCUT2D eigenvalue weighted by Crippen LogP contribution is -2.39. The fraction of sp³-hybridized carbons (Fsp3) is 0.333. The molecule has 4 rings (SSSR count). The molecule has 2 heterocycles. The van der Waals surface area contributed by atoms with Crippen LogP contribution in [0.2, 0.25) is 0 Å². The normalized spacial score (nSPS) is 15.2. The van der Waals surface area contributed by atoms with Gasteiger partial charge < -0.3 is 14.4 Å². The fourth-order valence-corrected chi connectivity index (χ4v) is 3.92. The van der Waals surface area contributed by atoms with Gasteiger partial charge in [-0.3, -0.25) is 9.69 Å². The Bertz CT molecular complexity index is 1070. The van der Waals surface area contributed by atoms with Crippen LogP contribution in [0.3, 0.4) is 0 Å². The third kappa shape index (κ3) is 5.71. The van der Waals surface area contributed by atoms with Gasteiger partial charge >= 0.3 is 0 Å². The van der Waals surface area contributed by atoms with Crippen LogP contribution in [0, 0.1) is 0 Å². The van der Waals surface area contributed by atoms with Gasteiger partial charge in [0.05, 0.1) is 0 Å². The van der Waals surface area contributed by atoms with E-state index in [0.29, 0.717) is 42.6 Å². The van der Waals surface area contributed by atoms with E-state index in [4.69, 9.17) is 9.47 Å². The molecule has 33 heavy (non-hydrogen) atoms. The number of para-hydroxylation sites is 2. The Kier molecular flexibility index (Phi) is 7.58. The minimum Gasteiger partial charge on any atom is -0.488 e. The molecular weight excluding hydrogens is 414 g/mol. The number of aromatic nitrogens is 1. The summed E-state index contributed by atoms with van der Waals surface area (Å²) in [4.78, 5) is 21.9. The molecule has 0 saturated carbocycles. The lowest BCUT2D eigenvalue weighted by Gasteiger charge is -2.27. The first kappa shape index (κ1) is 22.8. The summed E-state index contributed by atoms with van der Waals surface area (Å²) in [5, 5.41) is 0. The summed E-state index contributed by atoms with van der Waals surface area (Å²) < 4.78 is 12.2. The number of likely N-dealkylation sites (N-methyl/N-ethyl adjacent to an activating group) is 1. The van der Waals surface area contributed by atoms with Gasteiger partial charge in [0.25, 0.3) is 5.91 Å². The van der Waals surface area contributed by atoms with Crippen LogP contribution in [0.5, 0.6) is 17.4 Å². The number of aryl methyl sites for hydroxylation is 1. The Morgan fingerprint density at radius 2 is 1.64 bits per heavy atom. The van der Waals surface area contributed by atoms with E-state index in [1.165, 1.54) is 11.1 Å². The van der Waals surface area contributed by atoms with Gasteiger partial charge in [0.1, 0.15) is 12.2 Å². The van der Waals surface area contributed by atoms with Crippen molar-refractivity contribution in [3.05, 3.63) is 83.6 Å². The van der Waals surface area contributed by atoms with Gasteiger partial charge in [0.15, 0.2) is 11.5 Å². The van der Waals surface area contributed by atoms with E-state index >= 15 is 0 Å². The molecular formula is C27H31N3O3. The van der Waals surface area contributed by atoms with Crippen molar-refractivity contribution >= 4 is 5.91 Å². The molecule has 0 spiro atoms. The molecule has 1 aliphatic heterocycles. The molecule has 6 nitrogen and oxygen atoms in total. The number of fused-ring (bicyclic) bond motifs is 2. The summed E-state index contributed by atoms with van der Waals surface area (Å²) >= 11 is 0. The van der Waals surface area contributed by atoms with Gasteiger partial charge in [-0.15, -0.1) is 0 Å². The van der Waals surface area contributed by atoms with Crippen molar-refractivity contribution in [3.8, 4) is 17.4 Å². The molecule has 1 amide bonds. The number of amides is 1. The van der Waals surface area contributed by atoms with Crippen LogP contribution in [0.25, 0.3) is 0 Å². The molecule has 0 fully saturated rings. The zero-order valence-corrected chi connectivity index (χ0v) is 19.4. The Morgan fingerprint density at radius 3 is 2.39 bits per heavy atom. The molecule has 0 saturated heterocycles. The second-order valence-electron chi connectivity index (χ2n) is 8.08. The lowest BCUT2D eigenvalue weighted by molar-refractivity contribution is 0.0736. The van der Waals surface area contributed by atoms with E-state index in [0.717, 1.165) is 26.1 Å². The van der Waals surface area contributed by atoms with Crippen LogP contribution in [0.15, 0.2) is 66.9 Å². The number of carbonyl (C=O) groups excluding carboxylic acids is 1. The topological polar surface area (TPSA) is 54.9 Å². The van der Waals surface area contributed by atoms with Crippen LogP contribution < -0.4 is 9.47 Å². The lowest BCUT2D eigenvalue weighted by atomic mass is 10.1. The maximum atomic E-state index is 13.4. The first-order chi connectivity index (χ1) is 16.2. The van der Waals surface area contributed by atoms with Crippen molar-refractivity contribution in [2.24, 2.45) is 0 Å². The van der Waals surface area contributed by atoms with Crippen molar-refractivity contribution in [2.75, 3.05) is 32.8 Å². The maximum absolute atomic E-state index is 13.4. The molecule has 0 radical (unpaired) electrons. The Labute approximate surface area is 195 Å². The number of ether oxygens (including phenoxy) is 2. The van der Waals surface area contributed by atoms with Gasteiger partial charge in [-0.25, -0.2) is 4.98 Å². The number of hydrogen-bond acceptors (Lipinski definition) is 5. The first-order valence-electron chi connectivity index (χ1n) is 11.6. The molecule has 6 heteroatoms. The van der Waals surface area contributed by atoms with E-state index in [1.807, 2.05) is 36.1 Å². The van der Waals surface area contributed by atoms with E-state index in [2.05, 4.69) is 41.1 Å². The van der Waals surface area contributed by atoms with E-state index < -0.39 is 0 Å². The standard InChI is InChI=1S/C27H31N3O3/c1-3-21-11-13-22(14-12-21)20-29-16-17-30(4-2)27(31)23-8-7-15-28-26(23)33-25-10-6-5-9-24(25)32-19-18-29/h5-15H,3-4,16-20H2,1-2H3. The predicted octanol–water partition coefficient (Wildman–Crippen LogP) is 4.79. The second-order valence-corrected chi connectivity index (χ2v) is 8.08. The third-order valence-corrected chi connectivity index (χ3v) is 5.91. The summed E-state index contributed by atoms with van der Waals surface area (Å²) in [7, 11) is 0. The number of nitrogens with zero attached hydrogens (tertiary/aromatic N) is 3. The Morgan fingerprint density at radius 1 is 0.879 bits per heavy atom. The van der Waals surface area contributed by atoms with Gasteiger partial charge in [0, 0.05) is 38.9 Å². The molecule has 3 aromatic rings. The summed E-state index contributed by atoms with van der Waals surface area (Å²) in [6.07, 6.45) is 2.67. The van der Waals surface area contributed by atoms with Gasteiger partial charge in [-0.2, -0.15) is 0 Å². The minimum absolute atomic E-state index is 0.0782. The molecule has 2 aromatic carbocycles. The molecule has 0 bridgehead atoms. The van der Waals surface area contributed by atoms with Crippen molar-refractivity contribution in [1.29, 1.82) is 0 Å². The molecule has 172 valence electrons. The Hall–Kier alpha value is -3.38. The zero-order valence-electron chi connectivity index (χ0n) is 19.4. The van der Waals surface area contributed by atoms with E-state index in [1.54, 1.807) is 18.3 Å². The first-order valence-corrected chi connectivity index (χ1v) is 11.6. The highest BCUT2D eigenvalue weighted by Gasteiger charge is 2.22. The van der Waals surface area contributed by atoms with Crippen molar-refractivity contribution in [3.63, 3.8) is 0 Å². The van der Waals surface area contributed by atoms with Crippen molar-refractivity contribution < 1.29 is 14.3 Å². The highest BCUT2D eigenvalue weighted by molar-refractivity contribution is 5.96. The largest absolute Gasteiger partial charge is 0.488 e. The van der Waals surface area contributed by atoms with E-state index in [-0.39, 0.29) is 5.91 Å². The quantitative estimate of drug-likeness (QED) is 0.578. The van der Waals surface area contributed by atoms with Gasteiger partial charge in [-0.1, -0.05) is 43.3 Å². The Balaban J connectivity index is 1.62. The average Bonchev–Trinajstić information content (AvgIpc) is 2.86. The minimum atomic E-state index is -0.0782. The number of pyridine rings is 1. The molecule has 0 aliphatic carbocycles. The molecule has 1 aliphatic rings. The van der Waals surface area contributed by atoms with E-state index in [9.17, 15) is 4.79 Å². The third-order valence-electron chi connectivity index (χ3n) is 5.91. The zero-order chi connectivity index (χ0) is 23.0. The number of hydrogen-bond donors (Lipinski definition) is 0. The maximum Gasteiger partial charge on any atom is 0.259 e. The molecule has 0 atom stereocenters. The van der Waals surface area contributed by atoms with Crippen molar-refractivity contribution in [2.45, 2.75) is 26.8 Å². The molecule has 0 N–H and O–H groups in total. The van der Waals surface area contributed by atoms with Crippen molar-refractivity contribution in [1.82, 2.24) is 14.8 Å². The van der Waals surface area contributed by atoms with Crippen LogP contribution in [0.4, 0.5) is 0 Å². The summed E-state index contributed by atoms with van der Waals surface area (Å²) in [5.74, 6) is 1.41. The average molecular weight is 446 g/mol. The van der Waals surface area contributed by atoms with Gasteiger partial charge in [0.2, 0.25) is 5.88 Å². The summed E-state index contributed by atoms with van der Waals surface area (Å²) in [5.41, 5.74) is 3.04.